The maximum Gasteiger partial charge on any atom is 0.173 e. The molecule has 98 valence electrons. The molecule has 0 radical (unpaired) electrons. The van der Waals surface area contributed by atoms with E-state index >= 15 is 0 Å². The van der Waals surface area contributed by atoms with Gasteiger partial charge in [0.15, 0.2) is 5.84 Å². The second kappa shape index (κ2) is 5.68. The zero-order valence-corrected chi connectivity index (χ0v) is 10.2. The van der Waals surface area contributed by atoms with Crippen molar-refractivity contribution in [1.29, 1.82) is 0 Å². The van der Waals surface area contributed by atoms with Crippen LogP contribution in [-0.4, -0.2) is 40.3 Å². The molecule has 6 nitrogen and oxygen atoms in total. The van der Waals surface area contributed by atoms with Crippen molar-refractivity contribution in [3.8, 4) is 0 Å². The zero-order valence-electron chi connectivity index (χ0n) is 10.2. The molecule has 1 saturated heterocycles. The van der Waals surface area contributed by atoms with Crippen LogP contribution in [0.25, 0.3) is 0 Å². The van der Waals surface area contributed by atoms with Gasteiger partial charge in [-0.1, -0.05) is 5.16 Å². The molecule has 1 fully saturated rings. The van der Waals surface area contributed by atoms with Gasteiger partial charge in [-0.15, -0.1) is 0 Å². The Labute approximate surface area is 106 Å². The number of amidine groups is 1. The summed E-state index contributed by atoms with van der Waals surface area (Å²) in [4.78, 5) is 6.35. The molecule has 1 aliphatic rings. The molecule has 1 aromatic rings. The van der Waals surface area contributed by atoms with E-state index in [-0.39, 0.29) is 18.5 Å². The average Bonchev–Trinajstić information content (AvgIpc) is 2.46. The van der Waals surface area contributed by atoms with Crippen molar-refractivity contribution in [2.24, 2.45) is 10.9 Å². The van der Waals surface area contributed by atoms with Gasteiger partial charge in [-0.3, -0.25) is 0 Å². The van der Waals surface area contributed by atoms with Crippen LogP contribution in [0.5, 0.6) is 0 Å². The predicted octanol–water partition coefficient (Wildman–Crippen LogP) is 0.527. The summed E-state index contributed by atoms with van der Waals surface area (Å²) in [6.45, 7) is 0.917. The summed E-state index contributed by atoms with van der Waals surface area (Å²) in [6.07, 6.45) is 4.77. The molecule has 1 unspecified atom stereocenters. The van der Waals surface area contributed by atoms with Gasteiger partial charge in [0.2, 0.25) is 0 Å². The molecule has 0 saturated carbocycles. The summed E-state index contributed by atoms with van der Waals surface area (Å²) >= 11 is 0. The molecule has 4 N–H and O–H groups in total. The largest absolute Gasteiger partial charge is 0.409 e. The maximum absolute atomic E-state index is 9.43. The third-order valence-electron chi connectivity index (χ3n) is 3.28. The number of pyridine rings is 1. The Balaban J connectivity index is 2.37. The Morgan fingerprint density at radius 3 is 3.11 bits per heavy atom. The molecule has 1 aliphatic heterocycles. The highest BCUT2D eigenvalue weighted by Crippen LogP contribution is 2.25. The Kier molecular flexibility index (Phi) is 3.99. The minimum Gasteiger partial charge on any atom is -0.409 e. The van der Waals surface area contributed by atoms with Gasteiger partial charge in [0, 0.05) is 12.7 Å². The van der Waals surface area contributed by atoms with Gasteiger partial charge >= 0.3 is 0 Å². The SMILES string of the molecule is N/C(=N/O)c1cccnc1N1CCCCC1CO. The first-order valence-corrected chi connectivity index (χ1v) is 6.08. The van der Waals surface area contributed by atoms with Crippen LogP contribution >= 0.6 is 0 Å². The molecule has 1 aromatic heterocycles. The van der Waals surface area contributed by atoms with Gasteiger partial charge in [-0.2, -0.15) is 0 Å². The smallest absolute Gasteiger partial charge is 0.173 e. The van der Waals surface area contributed by atoms with Gasteiger partial charge in [-0.25, -0.2) is 4.98 Å². The molecule has 2 heterocycles. The van der Waals surface area contributed by atoms with Crippen LogP contribution in [-0.2, 0) is 0 Å². The third kappa shape index (κ3) is 2.38. The van der Waals surface area contributed by atoms with Gasteiger partial charge in [0.1, 0.15) is 5.82 Å². The van der Waals surface area contributed by atoms with Crippen molar-refractivity contribution in [2.45, 2.75) is 25.3 Å². The van der Waals surface area contributed by atoms with Crippen LogP contribution in [0.2, 0.25) is 0 Å². The van der Waals surface area contributed by atoms with Gasteiger partial charge in [0.25, 0.3) is 0 Å². The number of rotatable bonds is 3. The normalized spacial score (nSPS) is 21.1. The number of anilines is 1. The summed E-state index contributed by atoms with van der Waals surface area (Å²) in [7, 11) is 0. The van der Waals surface area contributed by atoms with Gasteiger partial charge in [0.05, 0.1) is 18.2 Å². The quantitative estimate of drug-likeness (QED) is 0.315. The summed E-state index contributed by atoms with van der Waals surface area (Å²) in [5.41, 5.74) is 6.26. The van der Waals surface area contributed by atoms with E-state index in [2.05, 4.69) is 10.1 Å². The summed E-state index contributed by atoms with van der Waals surface area (Å²) in [5, 5.41) is 21.3. The van der Waals surface area contributed by atoms with Crippen LogP contribution in [0.15, 0.2) is 23.5 Å². The van der Waals surface area contributed by atoms with Crippen molar-refractivity contribution in [2.75, 3.05) is 18.1 Å². The monoisotopic (exact) mass is 250 g/mol. The number of hydrogen-bond acceptors (Lipinski definition) is 5. The van der Waals surface area contributed by atoms with Crippen LogP contribution in [0.1, 0.15) is 24.8 Å². The molecule has 18 heavy (non-hydrogen) atoms. The molecule has 0 bridgehead atoms. The number of piperidine rings is 1. The van der Waals surface area contributed by atoms with Crippen LogP contribution in [0.3, 0.4) is 0 Å². The summed E-state index contributed by atoms with van der Waals surface area (Å²) in [6, 6.07) is 3.56. The van der Waals surface area contributed by atoms with E-state index in [4.69, 9.17) is 10.9 Å². The lowest BCUT2D eigenvalue weighted by Gasteiger charge is -2.36. The Bertz CT molecular complexity index is 436. The lowest BCUT2D eigenvalue weighted by Crippen LogP contribution is -2.43. The van der Waals surface area contributed by atoms with Crippen molar-refractivity contribution in [3.05, 3.63) is 23.9 Å². The minimum absolute atomic E-state index is 0.0420. The Morgan fingerprint density at radius 2 is 2.39 bits per heavy atom. The molecule has 6 heteroatoms. The van der Waals surface area contributed by atoms with Crippen LogP contribution in [0.4, 0.5) is 5.82 Å². The number of aliphatic hydroxyl groups is 1. The molecular formula is C12H18N4O2. The highest BCUT2D eigenvalue weighted by Gasteiger charge is 2.25. The van der Waals surface area contributed by atoms with Crippen molar-refractivity contribution in [3.63, 3.8) is 0 Å². The first-order chi connectivity index (χ1) is 8.77. The zero-order chi connectivity index (χ0) is 13.0. The fourth-order valence-electron chi connectivity index (χ4n) is 2.35. The molecule has 0 aromatic carbocycles. The summed E-state index contributed by atoms with van der Waals surface area (Å²) in [5.74, 6) is 0.715. The van der Waals surface area contributed by atoms with E-state index in [1.54, 1.807) is 18.3 Å². The third-order valence-corrected chi connectivity index (χ3v) is 3.28. The van der Waals surface area contributed by atoms with E-state index in [0.717, 1.165) is 25.8 Å². The van der Waals surface area contributed by atoms with Gasteiger partial charge < -0.3 is 20.9 Å². The fourth-order valence-corrected chi connectivity index (χ4v) is 2.35. The standard InChI is InChI=1S/C12H18N4O2/c13-11(15-18)10-5-3-6-14-12(10)16-7-2-1-4-9(16)8-17/h3,5-6,9,17-18H,1-2,4,7-8H2,(H2,13,15). The molecule has 1 atom stereocenters. The summed E-state index contributed by atoms with van der Waals surface area (Å²) < 4.78 is 0. The van der Waals surface area contributed by atoms with Crippen LogP contribution < -0.4 is 10.6 Å². The van der Waals surface area contributed by atoms with Crippen LogP contribution in [0, 0.1) is 0 Å². The highest BCUT2D eigenvalue weighted by atomic mass is 16.4. The average molecular weight is 250 g/mol. The van der Waals surface area contributed by atoms with Crippen molar-refractivity contribution < 1.29 is 10.3 Å². The van der Waals surface area contributed by atoms with Crippen molar-refractivity contribution in [1.82, 2.24) is 4.98 Å². The first-order valence-electron chi connectivity index (χ1n) is 6.08. The Morgan fingerprint density at radius 1 is 1.56 bits per heavy atom. The number of oxime groups is 1. The molecular weight excluding hydrogens is 232 g/mol. The lowest BCUT2D eigenvalue weighted by molar-refractivity contribution is 0.239. The molecule has 0 aliphatic carbocycles. The minimum atomic E-state index is 0.0420. The second-order valence-corrected chi connectivity index (χ2v) is 4.39. The number of aliphatic hydroxyl groups excluding tert-OH is 1. The molecule has 2 rings (SSSR count). The fraction of sp³-hybridized carbons (Fsp3) is 0.500. The molecule has 0 spiro atoms. The number of nitrogens with two attached hydrogens (primary N) is 1. The van der Waals surface area contributed by atoms with E-state index in [0.29, 0.717) is 11.4 Å². The second-order valence-electron chi connectivity index (χ2n) is 4.39. The van der Waals surface area contributed by atoms with E-state index in [1.807, 2.05) is 4.90 Å². The Hall–Kier alpha value is -1.82. The lowest BCUT2D eigenvalue weighted by atomic mass is 10.0. The predicted molar refractivity (Wildman–Crippen MR) is 68.8 cm³/mol. The first kappa shape index (κ1) is 12.6. The number of aromatic nitrogens is 1. The van der Waals surface area contributed by atoms with E-state index < -0.39 is 0 Å². The van der Waals surface area contributed by atoms with E-state index in [1.165, 1.54) is 0 Å². The topological polar surface area (TPSA) is 95.0 Å². The highest BCUT2D eigenvalue weighted by molar-refractivity contribution is 6.01. The van der Waals surface area contributed by atoms with Gasteiger partial charge in [-0.05, 0) is 31.4 Å². The number of nitrogens with zero attached hydrogens (tertiary/aromatic N) is 3. The van der Waals surface area contributed by atoms with Crippen molar-refractivity contribution >= 4 is 11.7 Å². The van der Waals surface area contributed by atoms with E-state index in [9.17, 15) is 5.11 Å². The number of hydrogen-bond donors (Lipinski definition) is 3. The molecule has 0 amide bonds. The maximum atomic E-state index is 9.43.